The fourth-order valence-corrected chi connectivity index (χ4v) is 1.33. The van der Waals surface area contributed by atoms with Crippen LogP contribution >= 0.6 is 0 Å². The van der Waals surface area contributed by atoms with Crippen LogP contribution in [0.15, 0.2) is 35.5 Å². The van der Waals surface area contributed by atoms with E-state index >= 15 is 0 Å². The molecule has 0 spiro atoms. The molecule has 2 heteroatoms. The van der Waals surface area contributed by atoms with Gasteiger partial charge in [0.05, 0.1) is 7.11 Å². The van der Waals surface area contributed by atoms with E-state index in [9.17, 15) is 4.79 Å². The van der Waals surface area contributed by atoms with Crippen LogP contribution in [0.25, 0.3) is 0 Å². The summed E-state index contributed by atoms with van der Waals surface area (Å²) in [5.74, 6) is -0.265. The molecule has 0 amide bonds. The third-order valence-corrected chi connectivity index (χ3v) is 2.65. The molecule has 0 saturated heterocycles. The lowest BCUT2D eigenvalue weighted by Crippen LogP contribution is -2.02. The number of unbranched alkanes of at least 4 members (excludes halogenated alkanes) is 3. The highest BCUT2D eigenvalue weighted by Gasteiger charge is 2.04. The number of ether oxygens (including phenoxy) is 1. The summed E-state index contributed by atoms with van der Waals surface area (Å²) in [5, 5.41) is 0. The molecule has 0 aliphatic heterocycles. The van der Waals surface area contributed by atoms with Crippen LogP contribution in [-0.2, 0) is 9.53 Å². The molecule has 2 nitrogen and oxygen atoms in total. The highest BCUT2D eigenvalue weighted by atomic mass is 16.5. The average molecular weight is 236 g/mol. The van der Waals surface area contributed by atoms with Gasteiger partial charge >= 0.3 is 5.97 Å². The summed E-state index contributed by atoms with van der Waals surface area (Å²) in [7, 11) is 1.40. The van der Waals surface area contributed by atoms with Crippen LogP contribution in [0, 0.1) is 0 Å². The van der Waals surface area contributed by atoms with Crippen molar-refractivity contribution < 1.29 is 9.53 Å². The first-order valence-corrected chi connectivity index (χ1v) is 6.22. The third-order valence-electron chi connectivity index (χ3n) is 2.65. The topological polar surface area (TPSA) is 26.3 Å². The van der Waals surface area contributed by atoms with Crippen LogP contribution in [0.1, 0.15) is 46.5 Å². The van der Waals surface area contributed by atoms with Crippen molar-refractivity contribution in [3.05, 3.63) is 35.5 Å². The number of rotatable bonds is 7. The van der Waals surface area contributed by atoms with E-state index in [1.807, 2.05) is 25.2 Å². The van der Waals surface area contributed by atoms with E-state index < -0.39 is 0 Å². The molecule has 0 aromatic heterocycles. The van der Waals surface area contributed by atoms with Gasteiger partial charge < -0.3 is 4.74 Å². The van der Waals surface area contributed by atoms with E-state index in [0.717, 1.165) is 12.0 Å². The molecule has 0 aliphatic rings. The first-order valence-electron chi connectivity index (χ1n) is 6.22. The average Bonchev–Trinajstić information content (AvgIpc) is 2.35. The molecule has 96 valence electrons. The van der Waals surface area contributed by atoms with Gasteiger partial charge in [-0.2, -0.15) is 0 Å². The van der Waals surface area contributed by atoms with Crippen LogP contribution in [0.5, 0.6) is 0 Å². The quantitative estimate of drug-likeness (QED) is 0.287. The zero-order valence-electron chi connectivity index (χ0n) is 11.5. The van der Waals surface area contributed by atoms with Crippen molar-refractivity contribution in [3.8, 4) is 0 Å². The largest absolute Gasteiger partial charge is 0.466 e. The lowest BCUT2D eigenvalue weighted by atomic mass is 10.1. The van der Waals surface area contributed by atoms with Gasteiger partial charge in [0.2, 0.25) is 0 Å². The van der Waals surface area contributed by atoms with Gasteiger partial charge in [0, 0.05) is 5.57 Å². The Balaban J connectivity index is 4.11. The molecule has 0 aromatic rings. The predicted molar refractivity (Wildman–Crippen MR) is 72.8 cm³/mol. The van der Waals surface area contributed by atoms with Gasteiger partial charge in [-0.3, -0.25) is 0 Å². The van der Waals surface area contributed by atoms with Crippen LogP contribution in [0.3, 0.4) is 0 Å². The van der Waals surface area contributed by atoms with Crippen molar-refractivity contribution in [2.75, 3.05) is 7.11 Å². The van der Waals surface area contributed by atoms with Crippen LogP contribution in [-0.4, -0.2) is 13.1 Å². The van der Waals surface area contributed by atoms with Gasteiger partial charge in [0.1, 0.15) is 0 Å². The molecule has 0 rings (SSSR count). The minimum absolute atomic E-state index is 0.265. The second-order valence-corrected chi connectivity index (χ2v) is 4.08. The standard InChI is InChI=1S/C15H24O2/c1-5-6-7-8-9-10-11-12-13(2)14(3)15(16)17-4/h9-12H,5-8H2,1-4H3. The van der Waals surface area contributed by atoms with Crippen molar-refractivity contribution in [2.24, 2.45) is 0 Å². The van der Waals surface area contributed by atoms with Gasteiger partial charge in [-0.25, -0.2) is 4.79 Å². The van der Waals surface area contributed by atoms with E-state index in [1.165, 1.54) is 26.4 Å². The second-order valence-electron chi connectivity index (χ2n) is 4.08. The molecule has 0 heterocycles. The lowest BCUT2D eigenvalue weighted by Gasteiger charge is -2.00. The van der Waals surface area contributed by atoms with E-state index in [0.29, 0.717) is 5.57 Å². The number of carbonyl (C=O) groups is 1. The van der Waals surface area contributed by atoms with Crippen LogP contribution in [0.4, 0.5) is 0 Å². The highest BCUT2D eigenvalue weighted by Crippen LogP contribution is 2.07. The minimum atomic E-state index is -0.265. The number of methoxy groups -OCH3 is 1. The first kappa shape index (κ1) is 15.7. The maximum atomic E-state index is 11.2. The molecular formula is C15H24O2. The molecule has 0 saturated carbocycles. The monoisotopic (exact) mass is 236 g/mol. The zero-order chi connectivity index (χ0) is 13.1. The second kappa shape index (κ2) is 9.88. The van der Waals surface area contributed by atoms with E-state index in [4.69, 9.17) is 0 Å². The zero-order valence-corrected chi connectivity index (χ0v) is 11.5. The molecular weight excluding hydrogens is 212 g/mol. The van der Waals surface area contributed by atoms with Gasteiger partial charge in [-0.15, -0.1) is 0 Å². The van der Waals surface area contributed by atoms with Gasteiger partial charge in [-0.1, -0.05) is 44.1 Å². The van der Waals surface area contributed by atoms with E-state index in [1.54, 1.807) is 6.92 Å². The SMILES string of the molecule is CCCCCC=CC=CC(C)=C(C)C(=O)OC. The Kier molecular flexibility index (Phi) is 9.12. The van der Waals surface area contributed by atoms with Crippen molar-refractivity contribution >= 4 is 5.97 Å². The highest BCUT2D eigenvalue weighted by molar-refractivity contribution is 5.89. The number of hydrogen-bond donors (Lipinski definition) is 0. The Morgan fingerprint density at radius 3 is 2.47 bits per heavy atom. The summed E-state index contributed by atoms with van der Waals surface area (Å²) in [5.41, 5.74) is 1.60. The lowest BCUT2D eigenvalue weighted by molar-refractivity contribution is -0.136. The maximum Gasteiger partial charge on any atom is 0.333 e. The van der Waals surface area contributed by atoms with Gasteiger partial charge in [-0.05, 0) is 32.3 Å². The Hall–Kier alpha value is -1.31. The molecule has 0 unspecified atom stereocenters. The van der Waals surface area contributed by atoms with Gasteiger partial charge in [0.25, 0.3) is 0 Å². The van der Waals surface area contributed by atoms with E-state index in [2.05, 4.69) is 17.7 Å². The fraction of sp³-hybridized carbons (Fsp3) is 0.533. The molecule has 17 heavy (non-hydrogen) atoms. The van der Waals surface area contributed by atoms with Crippen LogP contribution in [0.2, 0.25) is 0 Å². The summed E-state index contributed by atoms with van der Waals surface area (Å²) in [6.07, 6.45) is 13.0. The predicted octanol–water partition coefficient (Wildman–Crippen LogP) is 4.19. The van der Waals surface area contributed by atoms with Crippen molar-refractivity contribution in [1.29, 1.82) is 0 Å². The Bertz CT molecular complexity index is 309. The maximum absolute atomic E-state index is 11.2. The molecule has 0 aliphatic carbocycles. The normalized spacial score (nSPS) is 13.2. The number of allylic oxidation sites excluding steroid dienone is 5. The molecule has 0 bridgehead atoms. The summed E-state index contributed by atoms with van der Waals surface area (Å²) in [4.78, 5) is 11.2. The summed E-state index contributed by atoms with van der Waals surface area (Å²) in [6.45, 7) is 5.89. The van der Waals surface area contributed by atoms with Crippen molar-refractivity contribution in [2.45, 2.75) is 46.5 Å². The molecule has 0 atom stereocenters. The number of carbonyl (C=O) groups excluding carboxylic acids is 1. The Morgan fingerprint density at radius 2 is 1.88 bits per heavy atom. The Morgan fingerprint density at radius 1 is 1.18 bits per heavy atom. The molecule has 0 radical (unpaired) electrons. The number of esters is 1. The third kappa shape index (κ3) is 7.56. The van der Waals surface area contributed by atoms with E-state index in [-0.39, 0.29) is 5.97 Å². The smallest absolute Gasteiger partial charge is 0.333 e. The minimum Gasteiger partial charge on any atom is -0.466 e. The Labute approximate surface area is 105 Å². The summed E-state index contributed by atoms with van der Waals surface area (Å²) >= 11 is 0. The van der Waals surface area contributed by atoms with Crippen LogP contribution < -0.4 is 0 Å². The molecule has 0 fully saturated rings. The van der Waals surface area contributed by atoms with Crippen molar-refractivity contribution in [3.63, 3.8) is 0 Å². The fourth-order valence-electron chi connectivity index (χ4n) is 1.33. The summed E-state index contributed by atoms with van der Waals surface area (Å²) < 4.78 is 4.66. The number of hydrogen-bond acceptors (Lipinski definition) is 2. The molecule has 0 aromatic carbocycles. The van der Waals surface area contributed by atoms with Crippen molar-refractivity contribution in [1.82, 2.24) is 0 Å². The molecule has 0 N–H and O–H groups in total. The summed E-state index contributed by atoms with van der Waals surface area (Å²) in [6, 6.07) is 0. The first-order chi connectivity index (χ1) is 8.13. The van der Waals surface area contributed by atoms with Gasteiger partial charge in [0.15, 0.2) is 0 Å².